The van der Waals surface area contributed by atoms with Gasteiger partial charge in [-0.05, 0) is 6.07 Å². The molecule has 0 aliphatic rings. The second kappa shape index (κ2) is 6.27. The number of carbonyl (C=O) groups is 1. The van der Waals surface area contributed by atoms with E-state index in [1.807, 2.05) is 0 Å². The maximum atomic E-state index is 12.1. The summed E-state index contributed by atoms with van der Waals surface area (Å²) in [6.07, 6.45) is 2.78. The standard InChI is InChI=1S/C13H13ClN4O3/c1-20-9-6-10(21-2)8(5-7(9)14)18-13(19)11-12(15)17-4-3-16-11/h3-6H,1-2H3,(H2,15,17)(H,18,19). The lowest BCUT2D eigenvalue weighted by Crippen LogP contribution is -2.17. The molecule has 21 heavy (non-hydrogen) atoms. The van der Waals surface area contributed by atoms with Crippen LogP contribution in [-0.4, -0.2) is 30.1 Å². The minimum absolute atomic E-state index is 0.0199. The Balaban J connectivity index is 2.33. The fraction of sp³-hybridized carbons (Fsp3) is 0.154. The average Bonchev–Trinajstić information content (AvgIpc) is 2.48. The molecule has 3 N–H and O–H groups in total. The molecule has 110 valence electrons. The highest BCUT2D eigenvalue weighted by Crippen LogP contribution is 2.36. The third-order valence-electron chi connectivity index (χ3n) is 2.66. The van der Waals surface area contributed by atoms with Crippen molar-refractivity contribution >= 4 is 29.0 Å². The molecule has 0 fully saturated rings. The van der Waals surface area contributed by atoms with Crippen molar-refractivity contribution in [2.45, 2.75) is 0 Å². The Hall–Kier alpha value is -2.54. The van der Waals surface area contributed by atoms with Crippen molar-refractivity contribution < 1.29 is 14.3 Å². The summed E-state index contributed by atoms with van der Waals surface area (Å²) in [4.78, 5) is 19.8. The fourth-order valence-electron chi connectivity index (χ4n) is 1.66. The van der Waals surface area contributed by atoms with Gasteiger partial charge in [-0.1, -0.05) is 11.6 Å². The SMILES string of the molecule is COc1cc(OC)c(NC(=O)c2nccnc2N)cc1Cl. The Morgan fingerprint density at radius 3 is 2.48 bits per heavy atom. The number of carbonyl (C=O) groups excluding carboxylic acids is 1. The number of amides is 1. The van der Waals surface area contributed by atoms with Crippen LogP contribution < -0.4 is 20.5 Å². The Bertz CT molecular complexity index is 678. The van der Waals surface area contributed by atoms with Crippen LogP contribution in [0.5, 0.6) is 11.5 Å². The third-order valence-corrected chi connectivity index (χ3v) is 2.96. The van der Waals surface area contributed by atoms with Crippen LogP contribution in [0.4, 0.5) is 11.5 Å². The maximum Gasteiger partial charge on any atom is 0.278 e. The molecule has 0 aliphatic heterocycles. The van der Waals surface area contributed by atoms with Gasteiger partial charge in [-0.25, -0.2) is 9.97 Å². The molecular formula is C13H13ClN4O3. The Kier molecular flexibility index (Phi) is 4.44. The molecule has 0 saturated heterocycles. The number of ether oxygens (including phenoxy) is 2. The Morgan fingerprint density at radius 2 is 1.86 bits per heavy atom. The van der Waals surface area contributed by atoms with Crippen LogP contribution in [0.15, 0.2) is 24.5 Å². The number of halogens is 1. The quantitative estimate of drug-likeness (QED) is 0.896. The van der Waals surface area contributed by atoms with E-state index in [1.165, 1.54) is 32.7 Å². The number of nitrogen functional groups attached to an aromatic ring is 1. The van der Waals surface area contributed by atoms with Crippen LogP contribution in [0, 0.1) is 0 Å². The summed E-state index contributed by atoms with van der Waals surface area (Å²) in [5.74, 6) is 0.353. The molecule has 0 spiro atoms. The lowest BCUT2D eigenvalue weighted by atomic mass is 10.2. The van der Waals surface area contributed by atoms with Gasteiger partial charge in [-0.15, -0.1) is 0 Å². The molecule has 2 rings (SSSR count). The van der Waals surface area contributed by atoms with Crippen LogP contribution in [0.3, 0.4) is 0 Å². The molecule has 2 aromatic rings. The first-order chi connectivity index (χ1) is 10.1. The van der Waals surface area contributed by atoms with E-state index < -0.39 is 5.91 Å². The van der Waals surface area contributed by atoms with Crippen molar-refractivity contribution in [1.29, 1.82) is 0 Å². The monoisotopic (exact) mass is 308 g/mol. The molecule has 1 aromatic heterocycles. The van der Waals surface area contributed by atoms with Crippen LogP contribution in [0.25, 0.3) is 0 Å². The van der Waals surface area contributed by atoms with E-state index in [2.05, 4.69) is 15.3 Å². The van der Waals surface area contributed by atoms with Crippen molar-refractivity contribution in [3.05, 3.63) is 35.2 Å². The zero-order valence-electron chi connectivity index (χ0n) is 11.4. The first kappa shape index (κ1) is 14.9. The third kappa shape index (κ3) is 3.14. The zero-order valence-corrected chi connectivity index (χ0v) is 12.1. The van der Waals surface area contributed by atoms with Gasteiger partial charge in [-0.2, -0.15) is 0 Å². The number of nitrogens with zero attached hydrogens (tertiary/aromatic N) is 2. The molecule has 0 bridgehead atoms. The molecule has 0 unspecified atom stereocenters. The van der Waals surface area contributed by atoms with Gasteiger partial charge in [0.1, 0.15) is 11.5 Å². The molecule has 0 saturated carbocycles. The number of aromatic nitrogens is 2. The minimum atomic E-state index is -0.514. The van der Waals surface area contributed by atoms with Gasteiger partial charge in [0.15, 0.2) is 11.5 Å². The highest BCUT2D eigenvalue weighted by atomic mass is 35.5. The van der Waals surface area contributed by atoms with Crippen molar-refractivity contribution in [3.8, 4) is 11.5 Å². The molecule has 8 heteroatoms. The van der Waals surface area contributed by atoms with Gasteiger partial charge in [0, 0.05) is 18.5 Å². The molecule has 1 amide bonds. The number of methoxy groups -OCH3 is 2. The van der Waals surface area contributed by atoms with Crippen molar-refractivity contribution in [2.24, 2.45) is 0 Å². The predicted octanol–water partition coefficient (Wildman–Crippen LogP) is 1.98. The predicted molar refractivity (Wildman–Crippen MR) is 79.0 cm³/mol. The molecule has 0 radical (unpaired) electrons. The van der Waals surface area contributed by atoms with Gasteiger partial charge in [-0.3, -0.25) is 4.79 Å². The summed E-state index contributed by atoms with van der Waals surface area (Å²) in [5.41, 5.74) is 6.00. The number of nitrogens with one attached hydrogen (secondary N) is 1. The largest absolute Gasteiger partial charge is 0.495 e. The van der Waals surface area contributed by atoms with E-state index in [-0.39, 0.29) is 11.5 Å². The van der Waals surface area contributed by atoms with Gasteiger partial charge in [0.05, 0.1) is 24.9 Å². The zero-order chi connectivity index (χ0) is 15.4. The first-order valence-electron chi connectivity index (χ1n) is 5.86. The van der Waals surface area contributed by atoms with Crippen LogP contribution >= 0.6 is 11.6 Å². The summed E-state index contributed by atoms with van der Waals surface area (Å²) in [6.45, 7) is 0. The van der Waals surface area contributed by atoms with Gasteiger partial charge in [0.2, 0.25) is 0 Å². The lowest BCUT2D eigenvalue weighted by molar-refractivity contribution is 0.102. The van der Waals surface area contributed by atoms with Crippen molar-refractivity contribution in [3.63, 3.8) is 0 Å². The molecule has 0 atom stereocenters. The molecule has 1 aromatic carbocycles. The molecule has 1 heterocycles. The summed E-state index contributed by atoms with van der Waals surface area (Å²) in [7, 11) is 2.95. The summed E-state index contributed by atoms with van der Waals surface area (Å²) >= 11 is 6.03. The maximum absolute atomic E-state index is 12.1. The van der Waals surface area contributed by atoms with E-state index in [0.717, 1.165) is 0 Å². The second-order valence-corrected chi connectivity index (χ2v) is 4.34. The molecule has 0 aliphatic carbocycles. The first-order valence-corrected chi connectivity index (χ1v) is 6.24. The number of rotatable bonds is 4. The summed E-state index contributed by atoms with van der Waals surface area (Å²) in [5, 5.41) is 2.96. The number of anilines is 2. The molecular weight excluding hydrogens is 296 g/mol. The fourth-order valence-corrected chi connectivity index (χ4v) is 1.90. The Morgan fingerprint density at radius 1 is 1.19 bits per heavy atom. The van der Waals surface area contributed by atoms with E-state index in [1.54, 1.807) is 6.07 Å². The van der Waals surface area contributed by atoms with Gasteiger partial charge in [0.25, 0.3) is 5.91 Å². The van der Waals surface area contributed by atoms with E-state index in [4.69, 9.17) is 26.8 Å². The number of nitrogens with two attached hydrogens (primary N) is 1. The number of hydrogen-bond donors (Lipinski definition) is 2. The smallest absolute Gasteiger partial charge is 0.278 e. The van der Waals surface area contributed by atoms with E-state index in [9.17, 15) is 4.79 Å². The van der Waals surface area contributed by atoms with Crippen molar-refractivity contribution in [1.82, 2.24) is 9.97 Å². The Labute approximate surface area is 126 Å². The van der Waals surface area contributed by atoms with Gasteiger partial charge < -0.3 is 20.5 Å². The average molecular weight is 309 g/mol. The highest BCUT2D eigenvalue weighted by molar-refractivity contribution is 6.32. The molecule has 7 nitrogen and oxygen atoms in total. The van der Waals surface area contributed by atoms with Gasteiger partial charge >= 0.3 is 0 Å². The number of benzene rings is 1. The number of hydrogen-bond acceptors (Lipinski definition) is 6. The lowest BCUT2D eigenvalue weighted by Gasteiger charge is -2.13. The highest BCUT2D eigenvalue weighted by Gasteiger charge is 2.16. The topological polar surface area (TPSA) is 99.4 Å². The minimum Gasteiger partial charge on any atom is -0.495 e. The summed E-state index contributed by atoms with van der Waals surface area (Å²) < 4.78 is 10.3. The van der Waals surface area contributed by atoms with Crippen LogP contribution in [-0.2, 0) is 0 Å². The summed E-state index contributed by atoms with van der Waals surface area (Å²) in [6, 6.07) is 3.08. The van der Waals surface area contributed by atoms with E-state index in [0.29, 0.717) is 22.2 Å². The second-order valence-electron chi connectivity index (χ2n) is 3.93. The van der Waals surface area contributed by atoms with Crippen molar-refractivity contribution in [2.75, 3.05) is 25.3 Å². The van der Waals surface area contributed by atoms with E-state index >= 15 is 0 Å². The van der Waals surface area contributed by atoms with Crippen LogP contribution in [0.1, 0.15) is 10.5 Å². The van der Waals surface area contributed by atoms with Crippen LogP contribution in [0.2, 0.25) is 5.02 Å². The normalized spacial score (nSPS) is 10.0.